The summed E-state index contributed by atoms with van der Waals surface area (Å²) in [5, 5.41) is 2.49. The van der Waals surface area contributed by atoms with E-state index in [2.05, 4.69) is 12.2 Å². The van der Waals surface area contributed by atoms with Crippen molar-refractivity contribution >= 4 is 11.8 Å². The van der Waals surface area contributed by atoms with E-state index in [0.29, 0.717) is 5.92 Å². The highest BCUT2D eigenvalue weighted by atomic mass is 16.2. The first kappa shape index (κ1) is 9.03. The molecule has 1 fully saturated rings. The van der Waals surface area contributed by atoms with E-state index in [1.54, 1.807) is 0 Å². The topological polar surface area (TPSA) is 72.2 Å². The van der Waals surface area contributed by atoms with E-state index in [0.717, 1.165) is 12.8 Å². The predicted molar refractivity (Wildman–Crippen MR) is 44.1 cm³/mol. The van der Waals surface area contributed by atoms with E-state index in [-0.39, 0.29) is 18.4 Å². The lowest BCUT2D eigenvalue weighted by Crippen LogP contribution is -2.41. The lowest BCUT2D eigenvalue weighted by molar-refractivity contribution is -0.130. The van der Waals surface area contributed by atoms with Gasteiger partial charge in [0.2, 0.25) is 11.8 Å². The fourth-order valence-corrected chi connectivity index (χ4v) is 1.44. The zero-order valence-corrected chi connectivity index (χ0v) is 7.17. The van der Waals surface area contributed by atoms with Gasteiger partial charge in [-0.05, 0) is 18.8 Å². The average molecular weight is 170 g/mol. The van der Waals surface area contributed by atoms with Crippen LogP contribution >= 0.6 is 0 Å². The van der Waals surface area contributed by atoms with Gasteiger partial charge in [0, 0.05) is 5.92 Å². The van der Waals surface area contributed by atoms with E-state index < -0.39 is 5.91 Å². The molecule has 0 aliphatic heterocycles. The smallest absolute Gasteiger partial charge is 0.236 e. The van der Waals surface area contributed by atoms with Gasteiger partial charge in [-0.25, -0.2) is 0 Å². The van der Waals surface area contributed by atoms with Crippen molar-refractivity contribution in [3.8, 4) is 0 Å². The van der Waals surface area contributed by atoms with Gasteiger partial charge in [0.05, 0.1) is 6.54 Å². The quantitative estimate of drug-likeness (QED) is 0.606. The molecule has 0 atom stereocenters. The molecule has 0 bridgehead atoms. The molecule has 0 aromatic carbocycles. The number of amides is 2. The summed E-state index contributed by atoms with van der Waals surface area (Å²) < 4.78 is 0. The van der Waals surface area contributed by atoms with Crippen LogP contribution < -0.4 is 11.1 Å². The minimum Gasteiger partial charge on any atom is -0.368 e. The van der Waals surface area contributed by atoms with Crippen molar-refractivity contribution in [3.05, 3.63) is 0 Å². The van der Waals surface area contributed by atoms with Crippen LogP contribution in [-0.4, -0.2) is 18.4 Å². The van der Waals surface area contributed by atoms with Crippen LogP contribution in [0, 0.1) is 11.8 Å². The van der Waals surface area contributed by atoms with Gasteiger partial charge in [0.1, 0.15) is 0 Å². The molecule has 4 heteroatoms. The fourth-order valence-electron chi connectivity index (χ4n) is 1.44. The van der Waals surface area contributed by atoms with Crippen molar-refractivity contribution in [3.63, 3.8) is 0 Å². The van der Waals surface area contributed by atoms with E-state index in [1.165, 1.54) is 0 Å². The number of nitrogens with one attached hydrogen (secondary N) is 1. The van der Waals surface area contributed by atoms with Gasteiger partial charge in [0.25, 0.3) is 0 Å². The van der Waals surface area contributed by atoms with Crippen LogP contribution in [0.2, 0.25) is 0 Å². The average Bonchev–Trinajstić information content (AvgIpc) is 1.94. The standard InChI is InChI=1S/C8H14N2O2/c1-5-2-6(3-5)8(12)10-4-7(9)11/h5-6H,2-4H2,1H3,(H2,9,11)(H,10,12). The number of nitrogens with two attached hydrogens (primary N) is 1. The zero-order valence-electron chi connectivity index (χ0n) is 7.17. The molecule has 1 saturated carbocycles. The van der Waals surface area contributed by atoms with Gasteiger partial charge in [-0.15, -0.1) is 0 Å². The normalized spacial score (nSPS) is 27.4. The molecule has 12 heavy (non-hydrogen) atoms. The van der Waals surface area contributed by atoms with Crippen molar-refractivity contribution in [1.82, 2.24) is 5.32 Å². The molecule has 0 saturated heterocycles. The molecule has 1 aliphatic rings. The third kappa shape index (κ3) is 2.22. The Labute approximate surface area is 71.5 Å². The number of rotatable bonds is 3. The maximum Gasteiger partial charge on any atom is 0.236 e. The summed E-state index contributed by atoms with van der Waals surface area (Å²) in [7, 11) is 0. The van der Waals surface area contributed by atoms with Crippen molar-refractivity contribution < 1.29 is 9.59 Å². The van der Waals surface area contributed by atoms with Crippen LogP contribution in [0.4, 0.5) is 0 Å². The highest BCUT2D eigenvalue weighted by Gasteiger charge is 2.31. The second kappa shape index (κ2) is 3.56. The summed E-state index contributed by atoms with van der Waals surface area (Å²) in [6, 6.07) is 0. The molecule has 0 aromatic heterocycles. The second-order valence-corrected chi connectivity index (χ2v) is 3.46. The molecular weight excluding hydrogens is 156 g/mol. The molecule has 0 radical (unpaired) electrons. The number of hydrogen-bond donors (Lipinski definition) is 2. The maximum absolute atomic E-state index is 11.2. The molecule has 3 N–H and O–H groups in total. The van der Waals surface area contributed by atoms with Gasteiger partial charge >= 0.3 is 0 Å². The largest absolute Gasteiger partial charge is 0.368 e. The minimum atomic E-state index is -0.490. The lowest BCUT2D eigenvalue weighted by atomic mass is 9.76. The number of carbonyl (C=O) groups is 2. The van der Waals surface area contributed by atoms with E-state index in [9.17, 15) is 9.59 Å². The fraction of sp³-hybridized carbons (Fsp3) is 0.750. The van der Waals surface area contributed by atoms with Crippen LogP contribution in [0.25, 0.3) is 0 Å². The second-order valence-electron chi connectivity index (χ2n) is 3.46. The highest BCUT2D eigenvalue weighted by molar-refractivity contribution is 5.85. The molecule has 0 spiro atoms. The predicted octanol–water partition coefficient (Wildman–Crippen LogP) is -0.366. The Morgan fingerprint density at radius 1 is 1.50 bits per heavy atom. The van der Waals surface area contributed by atoms with Gasteiger partial charge < -0.3 is 11.1 Å². The summed E-state index contributed by atoms with van der Waals surface area (Å²) >= 11 is 0. The summed E-state index contributed by atoms with van der Waals surface area (Å²) in [4.78, 5) is 21.5. The third-order valence-electron chi connectivity index (χ3n) is 2.18. The SMILES string of the molecule is CC1CC(C(=O)NCC(N)=O)C1. The van der Waals surface area contributed by atoms with Crippen molar-refractivity contribution in [2.24, 2.45) is 17.6 Å². The molecule has 68 valence electrons. The number of primary amides is 1. The Hall–Kier alpha value is -1.06. The molecule has 0 heterocycles. The van der Waals surface area contributed by atoms with Gasteiger partial charge in [-0.2, -0.15) is 0 Å². The maximum atomic E-state index is 11.2. The summed E-state index contributed by atoms with van der Waals surface area (Å²) in [6.45, 7) is 2.07. The summed E-state index contributed by atoms with van der Waals surface area (Å²) in [6.07, 6.45) is 1.87. The molecule has 0 unspecified atom stereocenters. The van der Waals surface area contributed by atoms with Gasteiger partial charge in [-0.1, -0.05) is 6.92 Å². The van der Waals surface area contributed by atoms with E-state index in [4.69, 9.17) is 5.73 Å². The van der Waals surface area contributed by atoms with Crippen LogP contribution in [0.15, 0.2) is 0 Å². The van der Waals surface area contributed by atoms with Crippen molar-refractivity contribution in [2.75, 3.05) is 6.54 Å². The Morgan fingerprint density at radius 2 is 2.08 bits per heavy atom. The molecule has 2 amide bonds. The molecule has 0 aromatic rings. The van der Waals surface area contributed by atoms with Gasteiger partial charge in [-0.3, -0.25) is 9.59 Å². The Bertz CT molecular complexity index is 197. The lowest BCUT2D eigenvalue weighted by Gasteiger charge is -2.31. The summed E-state index contributed by atoms with van der Waals surface area (Å²) in [5.41, 5.74) is 4.87. The van der Waals surface area contributed by atoms with Crippen LogP contribution in [0.3, 0.4) is 0 Å². The Balaban J connectivity index is 2.17. The summed E-state index contributed by atoms with van der Waals surface area (Å²) in [5.74, 6) is 0.233. The Kier molecular flexibility index (Phi) is 2.68. The first-order valence-electron chi connectivity index (χ1n) is 4.15. The minimum absolute atomic E-state index is 0.0353. The van der Waals surface area contributed by atoms with Crippen LogP contribution in [0.5, 0.6) is 0 Å². The molecule has 4 nitrogen and oxygen atoms in total. The van der Waals surface area contributed by atoms with Crippen LogP contribution in [0.1, 0.15) is 19.8 Å². The third-order valence-corrected chi connectivity index (χ3v) is 2.18. The zero-order chi connectivity index (χ0) is 9.14. The molecule has 1 rings (SSSR count). The van der Waals surface area contributed by atoms with E-state index in [1.807, 2.05) is 0 Å². The van der Waals surface area contributed by atoms with E-state index >= 15 is 0 Å². The monoisotopic (exact) mass is 170 g/mol. The van der Waals surface area contributed by atoms with Gasteiger partial charge in [0.15, 0.2) is 0 Å². The van der Waals surface area contributed by atoms with Crippen LogP contribution in [-0.2, 0) is 9.59 Å². The Morgan fingerprint density at radius 3 is 2.50 bits per heavy atom. The number of hydrogen-bond acceptors (Lipinski definition) is 2. The van der Waals surface area contributed by atoms with Crippen molar-refractivity contribution in [2.45, 2.75) is 19.8 Å². The van der Waals surface area contributed by atoms with Crippen molar-refractivity contribution in [1.29, 1.82) is 0 Å². The molecule has 1 aliphatic carbocycles. The first-order valence-corrected chi connectivity index (χ1v) is 4.15. The molecular formula is C8H14N2O2. The first-order chi connectivity index (χ1) is 5.59. The number of carbonyl (C=O) groups excluding carboxylic acids is 2. The highest BCUT2D eigenvalue weighted by Crippen LogP contribution is 2.32.